The Kier molecular flexibility index (Phi) is 11.8. The van der Waals surface area contributed by atoms with Gasteiger partial charge in [0, 0.05) is 29.3 Å². The van der Waals surface area contributed by atoms with E-state index in [2.05, 4.69) is 19.7 Å². The van der Waals surface area contributed by atoms with Crippen molar-refractivity contribution in [1.82, 2.24) is 4.90 Å². The molecule has 2 rings (SSSR count). The number of carbonyl (C=O) groups excluding carboxylic acids is 4. The summed E-state index contributed by atoms with van der Waals surface area (Å²) in [4.78, 5) is 51.1. The van der Waals surface area contributed by atoms with Crippen LogP contribution < -0.4 is 0 Å². The molecule has 1 aliphatic heterocycles. The summed E-state index contributed by atoms with van der Waals surface area (Å²) in [5.74, 6) is -4.41. The number of sulfone groups is 1. The van der Waals surface area contributed by atoms with Crippen LogP contribution in [0, 0.1) is 6.92 Å². The Labute approximate surface area is 234 Å². The second kappa shape index (κ2) is 14.5. The molecule has 1 fully saturated rings. The first kappa shape index (κ1) is 32.4. The van der Waals surface area contributed by atoms with Gasteiger partial charge in [0.15, 0.2) is 9.84 Å². The van der Waals surface area contributed by atoms with E-state index >= 15 is 0 Å². The van der Waals surface area contributed by atoms with E-state index in [9.17, 15) is 27.6 Å². The van der Waals surface area contributed by atoms with Crippen LogP contribution in [0.15, 0.2) is 77.4 Å². The Balaban J connectivity index is 2.31. The van der Waals surface area contributed by atoms with Gasteiger partial charge in [-0.25, -0.2) is 22.8 Å². The van der Waals surface area contributed by atoms with Crippen molar-refractivity contribution in [2.75, 3.05) is 19.1 Å². The van der Waals surface area contributed by atoms with Gasteiger partial charge in [-0.2, -0.15) is 0 Å². The molecule has 1 heterocycles. The number of epoxide rings is 1. The topological polar surface area (TPSA) is 137 Å². The molecule has 10 nitrogen and oxygen atoms in total. The van der Waals surface area contributed by atoms with Crippen molar-refractivity contribution in [3.8, 4) is 0 Å². The highest BCUT2D eigenvalue weighted by Gasteiger charge is 2.26. The molecular formula is C29H35NO9S. The number of carbonyl (C=O) groups is 4. The molecule has 1 aromatic rings. The summed E-state index contributed by atoms with van der Waals surface area (Å²) in [6, 6.07) is 6.04. The van der Waals surface area contributed by atoms with Gasteiger partial charge in [-0.3, -0.25) is 9.69 Å². The fraction of sp³-hybridized carbons (Fsp3) is 0.379. The van der Waals surface area contributed by atoms with Crippen molar-refractivity contribution in [2.45, 2.75) is 57.5 Å². The van der Waals surface area contributed by atoms with E-state index in [1.807, 2.05) is 0 Å². The number of nitrogens with zero attached hydrogens (tertiary/aromatic N) is 1. The van der Waals surface area contributed by atoms with Crippen molar-refractivity contribution in [1.29, 1.82) is 0 Å². The van der Waals surface area contributed by atoms with Crippen LogP contribution in [-0.2, 0) is 43.2 Å². The van der Waals surface area contributed by atoms with Crippen LogP contribution in [0.4, 0.5) is 0 Å². The normalized spacial score (nSPS) is 14.6. The fourth-order valence-corrected chi connectivity index (χ4v) is 4.46. The van der Waals surface area contributed by atoms with Gasteiger partial charge in [-0.1, -0.05) is 44.4 Å². The smallest absolute Gasteiger partial charge is 0.343 e. The molecule has 0 saturated carbocycles. The minimum absolute atomic E-state index is 0.000815. The van der Waals surface area contributed by atoms with Gasteiger partial charge in [0.25, 0.3) is 5.91 Å². The molecular weight excluding hydrogens is 538 g/mol. The average molecular weight is 574 g/mol. The van der Waals surface area contributed by atoms with Crippen molar-refractivity contribution >= 4 is 33.7 Å². The molecule has 0 aliphatic carbocycles. The molecule has 0 N–H and O–H groups in total. The lowest BCUT2D eigenvalue weighted by molar-refractivity contribution is -0.154. The monoisotopic (exact) mass is 573 g/mol. The highest BCUT2D eigenvalue weighted by atomic mass is 32.2. The van der Waals surface area contributed by atoms with Gasteiger partial charge in [0.05, 0.1) is 29.8 Å². The van der Waals surface area contributed by atoms with E-state index in [-0.39, 0.29) is 52.7 Å². The zero-order chi connectivity index (χ0) is 30.0. The number of hydrogen-bond donors (Lipinski definition) is 0. The molecule has 1 saturated heterocycles. The standard InChI is InChI=1S/C29H35NO9S/c1-7-21(5)28(33)39-29(34)23(14-15-37-27(32)22(6)10-11-24-17-38-24)16-30(26(31)19(2)3)18-40(35,36)25-12-8-20(4)9-13-25/h8-9,12-13,16,24H,2,5-7,10-11,14-15,17-18H2,1,3-4H3. The maximum Gasteiger partial charge on any atom is 0.343 e. The van der Waals surface area contributed by atoms with E-state index < -0.39 is 39.5 Å². The van der Waals surface area contributed by atoms with Crippen molar-refractivity contribution in [2.24, 2.45) is 0 Å². The van der Waals surface area contributed by atoms with Crippen molar-refractivity contribution in [3.05, 3.63) is 78.1 Å². The summed E-state index contributed by atoms with van der Waals surface area (Å²) in [5.41, 5.74) is 0.819. The predicted molar refractivity (Wildman–Crippen MR) is 147 cm³/mol. The highest BCUT2D eigenvalue weighted by Crippen LogP contribution is 2.20. The molecule has 1 aliphatic rings. The third kappa shape index (κ3) is 10.0. The number of hydrogen-bond acceptors (Lipinski definition) is 9. The van der Waals surface area contributed by atoms with Crippen molar-refractivity contribution < 1.29 is 41.8 Å². The summed E-state index contributed by atoms with van der Waals surface area (Å²) >= 11 is 0. The second-order valence-corrected chi connectivity index (χ2v) is 11.3. The highest BCUT2D eigenvalue weighted by molar-refractivity contribution is 7.91. The van der Waals surface area contributed by atoms with E-state index in [0.29, 0.717) is 19.4 Å². The molecule has 1 aromatic carbocycles. The zero-order valence-corrected chi connectivity index (χ0v) is 23.9. The van der Waals surface area contributed by atoms with Gasteiger partial charge in [-0.15, -0.1) is 0 Å². The third-order valence-corrected chi connectivity index (χ3v) is 7.46. The Morgan fingerprint density at radius 1 is 1.02 bits per heavy atom. The Bertz CT molecular complexity index is 1320. The van der Waals surface area contributed by atoms with Crippen LogP contribution in [0.2, 0.25) is 0 Å². The Hall–Kier alpha value is -3.83. The molecule has 40 heavy (non-hydrogen) atoms. The lowest BCUT2D eigenvalue weighted by atomic mass is 10.1. The number of ether oxygens (including phenoxy) is 3. The van der Waals surface area contributed by atoms with Crippen LogP contribution in [0.3, 0.4) is 0 Å². The lowest BCUT2D eigenvalue weighted by Gasteiger charge is -2.20. The van der Waals surface area contributed by atoms with Gasteiger partial charge >= 0.3 is 17.9 Å². The summed E-state index contributed by atoms with van der Waals surface area (Å²) in [6.07, 6.45) is 2.02. The molecule has 1 atom stereocenters. The summed E-state index contributed by atoms with van der Waals surface area (Å²) in [5, 5.41) is 0. The lowest BCUT2D eigenvalue weighted by Crippen LogP contribution is -2.33. The van der Waals surface area contributed by atoms with Crippen LogP contribution in [-0.4, -0.2) is 62.3 Å². The van der Waals surface area contributed by atoms with E-state index in [1.165, 1.54) is 19.1 Å². The maximum absolute atomic E-state index is 13.1. The molecule has 1 unspecified atom stereocenters. The maximum atomic E-state index is 13.1. The summed E-state index contributed by atoms with van der Waals surface area (Å²) in [7, 11) is -4.04. The minimum Gasteiger partial charge on any atom is -0.462 e. The van der Waals surface area contributed by atoms with Gasteiger partial charge < -0.3 is 14.2 Å². The van der Waals surface area contributed by atoms with E-state index in [0.717, 1.165) is 16.7 Å². The minimum atomic E-state index is -4.04. The Morgan fingerprint density at radius 3 is 2.20 bits per heavy atom. The molecule has 216 valence electrons. The molecule has 0 aromatic heterocycles. The van der Waals surface area contributed by atoms with Crippen LogP contribution in [0.5, 0.6) is 0 Å². The molecule has 11 heteroatoms. The number of aryl methyl sites for hydroxylation is 1. The van der Waals surface area contributed by atoms with Gasteiger partial charge in [0.1, 0.15) is 5.88 Å². The predicted octanol–water partition coefficient (Wildman–Crippen LogP) is 3.72. The molecule has 0 spiro atoms. The first-order valence-corrected chi connectivity index (χ1v) is 14.3. The van der Waals surface area contributed by atoms with Gasteiger partial charge in [-0.05, 0) is 45.2 Å². The fourth-order valence-electron chi connectivity index (χ4n) is 3.20. The van der Waals surface area contributed by atoms with Crippen LogP contribution in [0.25, 0.3) is 0 Å². The number of benzene rings is 1. The zero-order valence-electron chi connectivity index (χ0n) is 23.1. The van der Waals surface area contributed by atoms with Crippen LogP contribution in [0.1, 0.15) is 45.1 Å². The SMILES string of the molecule is C=C(C)C(=O)N(C=C(CCOC(=O)C(=C)CCC1CO1)C(=O)OC(=O)C(=C)CC)CS(=O)(=O)c1ccc(C)cc1. The molecule has 0 radical (unpaired) electrons. The number of rotatable bonds is 15. The Morgan fingerprint density at radius 2 is 1.65 bits per heavy atom. The number of esters is 3. The third-order valence-electron chi connectivity index (χ3n) is 5.85. The first-order chi connectivity index (χ1) is 18.7. The van der Waals surface area contributed by atoms with Crippen molar-refractivity contribution in [3.63, 3.8) is 0 Å². The van der Waals surface area contributed by atoms with Crippen LogP contribution >= 0.6 is 0 Å². The second-order valence-electron chi connectivity index (χ2n) is 9.38. The molecule has 0 bridgehead atoms. The largest absolute Gasteiger partial charge is 0.462 e. The number of amides is 1. The quantitative estimate of drug-likeness (QED) is 0.133. The average Bonchev–Trinajstić information content (AvgIpc) is 3.74. The van der Waals surface area contributed by atoms with E-state index in [1.54, 1.807) is 26.0 Å². The first-order valence-electron chi connectivity index (χ1n) is 12.6. The van der Waals surface area contributed by atoms with E-state index in [4.69, 9.17) is 14.2 Å². The summed E-state index contributed by atoms with van der Waals surface area (Å²) < 4.78 is 41.4. The summed E-state index contributed by atoms with van der Waals surface area (Å²) in [6.45, 7) is 16.0. The van der Waals surface area contributed by atoms with Gasteiger partial charge in [0.2, 0.25) is 0 Å². The molecule has 1 amide bonds.